The highest BCUT2D eigenvalue weighted by Gasteiger charge is 2.05. The third-order valence-electron chi connectivity index (χ3n) is 5.96. The van der Waals surface area contributed by atoms with Crippen LogP contribution < -0.4 is 15.4 Å². The number of unbranched alkanes of at least 4 members (excludes halogenated alkanes) is 6. The highest BCUT2D eigenvalue weighted by molar-refractivity contribution is 5.27. The predicted octanol–water partition coefficient (Wildman–Crippen LogP) is 5.53. The number of benzene rings is 2. The molecule has 4 nitrogen and oxygen atoms in total. The van der Waals surface area contributed by atoms with Gasteiger partial charge in [-0.05, 0) is 75.0 Å². The van der Waals surface area contributed by atoms with Gasteiger partial charge in [-0.2, -0.15) is 0 Å². The van der Waals surface area contributed by atoms with Crippen LogP contribution in [0.2, 0.25) is 0 Å². The van der Waals surface area contributed by atoms with Crippen LogP contribution in [0, 0.1) is 0 Å². The second-order valence-corrected chi connectivity index (χ2v) is 9.02. The van der Waals surface area contributed by atoms with Crippen molar-refractivity contribution >= 4 is 0 Å². The maximum atomic E-state index is 10.2. The van der Waals surface area contributed by atoms with E-state index in [0.29, 0.717) is 13.2 Å². The zero-order valence-corrected chi connectivity index (χ0v) is 20.7. The molecular weight excluding hydrogens is 408 g/mol. The van der Waals surface area contributed by atoms with Gasteiger partial charge in [-0.3, -0.25) is 0 Å². The molecule has 0 aromatic heterocycles. The van der Waals surface area contributed by atoms with E-state index in [1.807, 2.05) is 12.1 Å². The molecule has 0 radical (unpaired) electrons. The van der Waals surface area contributed by atoms with E-state index in [4.69, 9.17) is 4.74 Å². The second-order valence-electron chi connectivity index (χ2n) is 9.02. The summed E-state index contributed by atoms with van der Waals surface area (Å²) in [5.41, 5.74) is 2.71. The monoisotopic (exact) mass is 454 g/mol. The summed E-state index contributed by atoms with van der Waals surface area (Å²) in [6, 6.07) is 18.8. The van der Waals surface area contributed by atoms with Crippen molar-refractivity contribution in [3.05, 3.63) is 65.7 Å². The van der Waals surface area contributed by atoms with E-state index < -0.39 is 6.10 Å². The summed E-state index contributed by atoms with van der Waals surface area (Å²) in [6.45, 7) is 6.20. The number of aliphatic hydroxyl groups is 1. The number of rotatable bonds is 20. The number of aryl methyl sites for hydroxylation is 1. The van der Waals surface area contributed by atoms with Crippen molar-refractivity contribution < 1.29 is 9.84 Å². The molecule has 0 saturated carbocycles. The highest BCUT2D eigenvalue weighted by atomic mass is 16.5. The summed E-state index contributed by atoms with van der Waals surface area (Å²) in [4.78, 5) is 0. The molecule has 33 heavy (non-hydrogen) atoms. The van der Waals surface area contributed by atoms with E-state index in [9.17, 15) is 5.11 Å². The highest BCUT2D eigenvalue weighted by Crippen LogP contribution is 2.13. The molecule has 0 aliphatic rings. The molecule has 0 heterocycles. The molecule has 4 heteroatoms. The Morgan fingerprint density at radius 1 is 0.697 bits per heavy atom. The van der Waals surface area contributed by atoms with Gasteiger partial charge < -0.3 is 20.5 Å². The van der Waals surface area contributed by atoms with E-state index in [1.165, 1.54) is 49.7 Å². The molecule has 2 rings (SSSR count). The first-order valence-corrected chi connectivity index (χ1v) is 13.1. The molecule has 0 aliphatic carbocycles. The molecule has 0 saturated heterocycles. The third kappa shape index (κ3) is 14.1. The maximum absolute atomic E-state index is 10.2. The lowest BCUT2D eigenvalue weighted by atomic mass is 10.1. The fourth-order valence-electron chi connectivity index (χ4n) is 3.88. The van der Waals surface area contributed by atoms with Crippen LogP contribution in [0.5, 0.6) is 5.75 Å². The molecule has 184 valence electrons. The van der Waals surface area contributed by atoms with E-state index in [2.05, 4.69) is 60.0 Å². The summed E-state index contributed by atoms with van der Waals surface area (Å²) in [5, 5.41) is 17.0. The minimum atomic E-state index is -0.495. The van der Waals surface area contributed by atoms with Gasteiger partial charge in [-0.15, -0.1) is 0 Å². The Balaban J connectivity index is 1.44. The van der Waals surface area contributed by atoms with Crippen molar-refractivity contribution in [2.75, 3.05) is 32.8 Å². The van der Waals surface area contributed by atoms with Crippen molar-refractivity contribution in [3.8, 4) is 5.75 Å². The maximum Gasteiger partial charge on any atom is 0.119 e. The standard InChI is InChI=1S/C29H46N2O2/c1-2-3-4-5-6-11-21-30-23-20-27-16-18-29(19-17-27)33-25-28(32)24-31-22-12-10-15-26-13-8-7-9-14-26/h7-9,13-14,16-19,28,30-32H,2-6,10-12,15,20-25H2,1H3. The molecule has 1 unspecified atom stereocenters. The number of hydrogen-bond donors (Lipinski definition) is 3. The van der Waals surface area contributed by atoms with Crippen LogP contribution in [0.4, 0.5) is 0 Å². The molecular formula is C29H46N2O2. The van der Waals surface area contributed by atoms with Crippen molar-refractivity contribution in [3.63, 3.8) is 0 Å². The Labute approximate surface area is 202 Å². The summed E-state index contributed by atoms with van der Waals surface area (Å²) in [6.07, 6.45) is 12.0. The fourth-order valence-corrected chi connectivity index (χ4v) is 3.88. The van der Waals surface area contributed by atoms with Crippen LogP contribution in [0.15, 0.2) is 54.6 Å². The Bertz CT molecular complexity index is 691. The number of aliphatic hydroxyl groups excluding tert-OH is 1. The van der Waals surface area contributed by atoms with Gasteiger partial charge in [-0.1, -0.05) is 81.5 Å². The topological polar surface area (TPSA) is 53.5 Å². The minimum Gasteiger partial charge on any atom is -0.491 e. The van der Waals surface area contributed by atoms with Gasteiger partial charge in [0.25, 0.3) is 0 Å². The van der Waals surface area contributed by atoms with Gasteiger partial charge in [0, 0.05) is 6.54 Å². The Morgan fingerprint density at radius 2 is 1.36 bits per heavy atom. The summed E-state index contributed by atoms with van der Waals surface area (Å²) < 4.78 is 5.75. The Kier molecular flexibility index (Phi) is 15.4. The molecule has 0 amide bonds. The van der Waals surface area contributed by atoms with Crippen LogP contribution in [0.1, 0.15) is 69.4 Å². The van der Waals surface area contributed by atoms with Crippen molar-refractivity contribution in [2.45, 2.75) is 77.2 Å². The van der Waals surface area contributed by atoms with E-state index in [-0.39, 0.29) is 0 Å². The third-order valence-corrected chi connectivity index (χ3v) is 5.96. The summed E-state index contributed by atoms with van der Waals surface area (Å²) in [5.74, 6) is 0.820. The first-order chi connectivity index (χ1) is 16.3. The zero-order valence-electron chi connectivity index (χ0n) is 20.7. The van der Waals surface area contributed by atoms with Crippen LogP contribution in [0.3, 0.4) is 0 Å². The molecule has 0 fully saturated rings. The van der Waals surface area contributed by atoms with Gasteiger partial charge in [0.1, 0.15) is 18.5 Å². The lowest BCUT2D eigenvalue weighted by molar-refractivity contribution is 0.106. The van der Waals surface area contributed by atoms with Crippen molar-refractivity contribution in [1.82, 2.24) is 10.6 Å². The van der Waals surface area contributed by atoms with E-state index in [0.717, 1.165) is 51.1 Å². The molecule has 0 aliphatic heterocycles. The van der Waals surface area contributed by atoms with Crippen LogP contribution in [0.25, 0.3) is 0 Å². The van der Waals surface area contributed by atoms with Gasteiger partial charge in [0.2, 0.25) is 0 Å². The van der Waals surface area contributed by atoms with Gasteiger partial charge >= 0.3 is 0 Å². The zero-order chi connectivity index (χ0) is 23.4. The summed E-state index contributed by atoms with van der Waals surface area (Å²) >= 11 is 0. The minimum absolute atomic E-state index is 0.316. The van der Waals surface area contributed by atoms with Crippen LogP contribution in [-0.2, 0) is 12.8 Å². The molecule has 2 aromatic rings. The van der Waals surface area contributed by atoms with E-state index >= 15 is 0 Å². The molecule has 0 bridgehead atoms. The van der Waals surface area contributed by atoms with Crippen LogP contribution in [-0.4, -0.2) is 44.0 Å². The molecule has 2 aromatic carbocycles. The average Bonchev–Trinajstić information content (AvgIpc) is 2.85. The number of nitrogens with one attached hydrogen (secondary N) is 2. The number of ether oxygens (including phenoxy) is 1. The largest absolute Gasteiger partial charge is 0.491 e. The predicted molar refractivity (Wildman–Crippen MR) is 140 cm³/mol. The first-order valence-electron chi connectivity index (χ1n) is 13.1. The van der Waals surface area contributed by atoms with Gasteiger partial charge in [0.15, 0.2) is 0 Å². The van der Waals surface area contributed by atoms with Gasteiger partial charge in [-0.25, -0.2) is 0 Å². The fraction of sp³-hybridized carbons (Fsp3) is 0.586. The van der Waals surface area contributed by atoms with Crippen molar-refractivity contribution in [2.24, 2.45) is 0 Å². The normalized spacial score (nSPS) is 12.1. The average molecular weight is 455 g/mol. The number of hydrogen-bond acceptors (Lipinski definition) is 4. The van der Waals surface area contributed by atoms with Crippen LogP contribution >= 0.6 is 0 Å². The molecule has 3 N–H and O–H groups in total. The quantitative estimate of drug-likeness (QED) is 0.230. The summed E-state index contributed by atoms with van der Waals surface area (Å²) in [7, 11) is 0. The SMILES string of the molecule is CCCCCCCCNCCc1ccc(OCC(O)CNCCCCc2ccccc2)cc1. The Morgan fingerprint density at radius 3 is 2.15 bits per heavy atom. The molecule has 1 atom stereocenters. The smallest absolute Gasteiger partial charge is 0.119 e. The van der Waals surface area contributed by atoms with Gasteiger partial charge in [0.05, 0.1) is 0 Å². The lowest BCUT2D eigenvalue weighted by Crippen LogP contribution is -2.32. The Hall–Kier alpha value is -1.88. The lowest BCUT2D eigenvalue weighted by Gasteiger charge is -2.14. The van der Waals surface area contributed by atoms with E-state index in [1.54, 1.807) is 0 Å². The second kappa shape index (κ2) is 18.5. The molecule has 0 spiro atoms. The first kappa shape index (κ1) is 27.4. The van der Waals surface area contributed by atoms with Crippen molar-refractivity contribution in [1.29, 1.82) is 0 Å².